The van der Waals surface area contributed by atoms with Crippen LogP contribution in [-0.4, -0.2) is 20.6 Å². The van der Waals surface area contributed by atoms with Gasteiger partial charge in [-0.25, -0.2) is 4.98 Å². The summed E-state index contributed by atoms with van der Waals surface area (Å²) in [4.78, 5) is 8.68. The van der Waals surface area contributed by atoms with Gasteiger partial charge < -0.3 is 10.3 Å². The van der Waals surface area contributed by atoms with Gasteiger partial charge in [0.25, 0.3) is 0 Å². The molecule has 4 heteroatoms. The van der Waals surface area contributed by atoms with Crippen molar-refractivity contribution in [3.63, 3.8) is 0 Å². The highest BCUT2D eigenvalue weighted by molar-refractivity contribution is 5.06. The predicted octanol–water partition coefficient (Wildman–Crippen LogP) is 1.80. The van der Waals surface area contributed by atoms with Crippen molar-refractivity contribution >= 4 is 0 Å². The Labute approximate surface area is 108 Å². The number of imidazole rings is 1. The van der Waals surface area contributed by atoms with Gasteiger partial charge in [-0.1, -0.05) is 13.0 Å². The molecule has 0 fully saturated rings. The topological polar surface area (TPSA) is 56.7 Å². The Morgan fingerprint density at radius 2 is 2.11 bits per heavy atom. The first-order valence-electron chi connectivity index (χ1n) is 6.45. The maximum absolute atomic E-state index is 6.17. The van der Waals surface area contributed by atoms with Crippen molar-refractivity contribution in [1.82, 2.24) is 14.5 Å². The Morgan fingerprint density at radius 1 is 1.22 bits per heavy atom. The number of aryl methyl sites for hydroxylation is 1. The van der Waals surface area contributed by atoms with Crippen molar-refractivity contribution in [1.29, 1.82) is 0 Å². The van der Waals surface area contributed by atoms with Gasteiger partial charge in [-0.3, -0.25) is 4.98 Å². The lowest BCUT2D eigenvalue weighted by atomic mass is 10.1. The van der Waals surface area contributed by atoms with Gasteiger partial charge in [-0.05, 0) is 18.6 Å². The summed E-state index contributed by atoms with van der Waals surface area (Å²) in [6, 6.07) is 5.99. The molecule has 2 aromatic heterocycles. The molecule has 0 aliphatic heterocycles. The van der Waals surface area contributed by atoms with Crippen molar-refractivity contribution < 1.29 is 0 Å². The molecule has 2 rings (SSSR count). The molecule has 0 aromatic carbocycles. The van der Waals surface area contributed by atoms with Gasteiger partial charge in [0.1, 0.15) is 5.82 Å². The van der Waals surface area contributed by atoms with Crippen LogP contribution in [0.15, 0.2) is 36.8 Å². The zero-order valence-corrected chi connectivity index (χ0v) is 10.8. The zero-order valence-electron chi connectivity index (χ0n) is 10.8. The van der Waals surface area contributed by atoms with Gasteiger partial charge in [0.15, 0.2) is 0 Å². The summed E-state index contributed by atoms with van der Waals surface area (Å²) >= 11 is 0. The second-order valence-electron chi connectivity index (χ2n) is 4.53. The van der Waals surface area contributed by atoms with Crippen molar-refractivity contribution in [2.75, 3.05) is 0 Å². The second-order valence-corrected chi connectivity index (χ2v) is 4.53. The minimum absolute atomic E-state index is 0.0675. The van der Waals surface area contributed by atoms with Crippen LogP contribution < -0.4 is 5.73 Å². The number of hydrogen-bond donors (Lipinski definition) is 1. The molecule has 0 radical (unpaired) electrons. The lowest BCUT2D eigenvalue weighted by Crippen LogP contribution is -2.27. The van der Waals surface area contributed by atoms with Crippen LogP contribution in [0.1, 0.15) is 24.9 Å². The Balaban J connectivity index is 1.94. The molecular formula is C14H20N4. The van der Waals surface area contributed by atoms with E-state index in [0.717, 1.165) is 37.3 Å². The Morgan fingerprint density at radius 3 is 2.83 bits per heavy atom. The van der Waals surface area contributed by atoms with E-state index < -0.39 is 0 Å². The monoisotopic (exact) mass is 244 g/mol. The van der Waals surface area contributed by atoms with E-state index in [4.69, 9.17) is 5.73 Å². The third-order valence-electron chi connectivity index (χ3n) is 2.91. The minimum atomic E-state index is 0.0675. The zero-order chi connectivity index (χ0) is 12.8. The molecule has 0 aliphatic carbocycles. The maximum Gasteiger partial charge on any atom is 0.110 e. The number of nitrogens with two attached hydrogens (primary N) is 1. The van der Waals surface area contributed by atoms with Gasteiger partial charge >= 0.3 is 0 Å². The van der Waals surface area contributed by atoms with Gasteiger partial charge in [0.2, 0.25) is 0 Å². The first-order valence-corrected chi connectivity index (χ1v) is 6.45. The molecule has 0 spiro atoms. The van der Waals surface area contributed by atoms with E-state index in [1.54, 1.807) is 6.20 Å². The van der Waals surface area contributed by atoms with Crippen molar-refractivity contribution in [2.24, 2.45) is 5.73 Å². The average Bonchev–Trinajstić information content (AvgIpc) is 2.78. The molecule has 0 amide bonds. The maximum atomic E-state index is 6.17. The van der Waals surface area contributed by atoms with Crippen molar-refractivity contribution in [3.8, 4) is 0 Å². The van der Waals surface area contributed by atoms with Crippen LogP contribution in [-0.2, 0) is 19.4 Å². The van der Waals surface area contributed by atoms with E-state index in [-0.39, 0.29) is 6.04 Å². The molecule has 0 saturated heterocycles. The summed E-state index contributed by atoms with van der Waals surface area (Å²) in [6.45, 7) is 3.17. The van der Waals surface area contributed by atoms with Crippen LogP contribution in [0.2, 0.25) is 0 Å². The lowest BCUT2D eigenvalue weighted by molar-refractivity contribution is 0.578. The van der Waals surface area contributed by atoms with Crippen molar-refractivity contribution in [2.45, 2.75) is 38.8 Å². The molecule has 1 unspecified atom stereocenters. The van der Waals surface area contributed by atoms with E-state index in [1.165, 1.54) is 0 Å². The lowest BCUT2D eigenvalue weighted by Gasteiger charge is -2.12. The SMILES string of the molecule is CCCn1ccnc1CC(N)Cc1ccccn1. The smallest absolute Gasteiger partial charge is 0.110 e. The number of rotatable bonds is 6. The summed E-state index contributed by atoms with van der Waals surface area (Å²) < 4.78 is 2.18. The Kier molecular flexibility index (Phi) is 4.47. The molecule has 0 aliphatic rings. The van der Waals surface area contributed by atoms with E-state index >= 15 is 0 Å². The fraction of sp³-hybridized carbons (Fsp3) is 0.429. The molecule has 18 heavy (non-hydrogen) atoms. The average molecular weight is 244 g/mol. The summed E-state index contributed by atoms with van der Waals surface area (Å²) in [7, 11) is 0. The fourth-order valence-electron chi connectivity index (χ4n) is 2.07. The summed E-state index contributed by atoms with van der Waals surface area (Å²) in [5.74, 6) is 1.07. The first-order chi connectivity index (χ1) is 8.79. The highest BCUT2D eigenvalue weighted by Gasteiger charge is 2.10. The summed E-state index contributed by atoms with van der Waals surface area (Å²) in [6.07, 6.45) is 8.37. The van der Waals surface area contributed by atoms with Crippen LogP contribution in [0, 0.1) is 0 Å². The number of nitrogens with zero attached hydrogens (tertiary/aromatic N) is 3. The largest absolute Gasteiger partial charge is 0.335 e. The van der Waals surface area contributed by atoms with E-state index in [9.17, 15) is 0 Å². The molecule has 0 bridgehead atoms. The van der Waals surface area contributed by atoms with Gasteiger partial charge in [-0.2, -0.15) is 0 Å². The summed E-state index contributed by atoms with van der Waals surface area (Å²) in [5, 5.41) is 0. The molecule has 2 N–H and O–H groups in total. The van der Waals surface area contributed by atoms with Gasteiger partial charge in [0, 0.05) is 49.7 Å². The van der Waals surface area contributed by atoms with E-state index in [1.807, 2.05) is 30.6 Å². The van der Waals surface area contributed by atoms with E-state index in [0.29, 0.717) is 0 Å². The van der Waals surface area contributed by atoms with Crippen LogP contribution in [0.3, 0.4) is 0 Å². The molecule has 2 aromatic rings. The molecule has 2 heterocycles. The van der Waals surface area contributed by atoms with Crippen molar-refractivity contribution in [3.05, 3.63) is 48.3 Å². The number of aromatic nitrogens is 3. The number of hydrogen-bond acceptors (Lipinski definition) is 3. The Hall–Kier alpha value is -1.68. The predicted molar refractivity (Wildman–Crippen MR) is 72.1 cm³/mol. The molecule has 4 nitrogen and oxygen atoms in total. The highest BCUT2D eigenvalue weighted by atomic mass is 15.1. The standard InChI is InChI=1S/C14H20N4/c1-2-8-18-9-7-17-14(18)11-12(15)10-13-5-3-4-6-16-13/h3-7,9,12H,2,8,10-11,15H2,1H3. The highest BCUT2D eigenvalue weighted by Crippen LogP contribution is 2.06. The molecular weight excluding hydrogens is 224 g/mol. The quantitative estimate of drug-likeness (QED) is 0.843. The van der Waals surface area contributed by atoms with Gasteiger partial charge in [0.05, 0.1) is 0 Å². The minimum Gasteiger partial charge on any atom is -0.335 e. The van der Waals surface area contributed by atoms with Crippen LogP contribution in [0.5, 0.6) is 0 Å². The van der Waals surface area contributed by atoms with Crippen LogP contribution in [0.4, 0.5) is 0 Å². The first kappa shape index (κ1) is 12.8. The molecule has 96 valence electrons. The molecule has 1 atom stereocenters. The van der Waals surface area contributed by atoms with E-state index in [2.05, 4.69) is 21.5 Å². The second kappa shape index (κ2) is 6.31. The third kappa shape index (κ3) is 3.40. The Bertz CT molecular complexity index is 464. The number of pyridine rings is 1. The van der Waals surface area contributed by atoms with Crippen LogP contribution >= 0.6 is 0 Å². The summed E-state index contributed by atoms with van der Waals surface area (Å²) in [5.41, 5.74) is 7.21. The van der Waals surface area contributed by atoms with Gasteiger partial charge in [-0.15, -0.1) is 0 Å². The van der Waals surface area contributed by atoms with Crippen LogP contribution in [0.25, 0.3) is 0 Å². The normalized spacial score (nSPS) is 12.6. The third-order valence-corrected chi connectivity index (χ3v) is 2.91. The fourth-order valence-corrected chi connectivity index (χ4v) is 2.07. The molecule has 0 saturated carbocycles.